The average Bonchev–Trinajstić information content (AvgIpc) is 2.59. The Labute approximate surface area is 147 Å². The third kappa shape index (κ3) is 3.53. The van der Waals surface area contributed by atoms with E-state index in [0.29, 0.717) is 23.5 Å². The molecule has 3 rings (SSSR count). The number of methoxy groups -OCH3 is 1. The highest BCUT2D eigenvalue weighted by Gasteiger charge is 2.31. The largest absolute Gasteiger partial charge is 0.507 e. The van der Waals surface area contributed by atoms with Crippen molar-refractivity contribution in [2.24, 2.45) is 0 Å². The predicted molar refractivity (Wildman–Crippen MR) is 97.5 cm³/mol. The number of rotatable bonds is 4. The lowest BCUT2D eigenvalue weighted by atomic mass is 9.91. The number of benzene rings is 2. The van der Waals surface area contributed by atoms with Crippen LogP contribution in [0.2, 0.25) is 0 Å². The third-order valence-corrected chi connectivity index (χ3v) is 4.39. The van der Waals surface area contributed by atoms with Crippen molar-refractivity contribution in [1.29, 1.82) is 0 Å². The van der Waals surface area contributed by atoms with Crippen molar-refractivity contribution in [3.8, 4) is 17.2 Å². The molecule has 1 heterocycles. The number of fused-ring (bicyclic) bond motifs is 1. The normalized spacial score (nSPS) is 15.5. The Bertz CT molecular complexity index is 820. The van der Waals surface area contributed by atoms with Crippen LogP contribution in [0.3, 0.4) is 0 Å². The molecular weight excluding hydrogens is 316 g/mol. The molecule has 0 spiro atoms. The van der Waals surface area contributed by atoms with Gasteiger partial charge in [-0.3, -0.25) is 4.79 Å². The summed E-state index contributed by atoms with van der Waals surface area (Å²) in [5.74, 6) is 0.546. The highest BCUT2D eigenvalue weighted by atomic mass is 16.5. The molecule has 0 bridgehead atoms. The molecule has 0 atom stereocenters. The van der Waals surface area contributed by atoms with Gasteiger partial charge in [0.2, 0.25) is 0 Å². The third-order valence-electron chi connectivity index (χ3n) is 4.39. The smallest absolute Gasteiger partial charge is 0.193 e. The molecule has 25 heavy (non-hydrogen) atoms. The molecule has 0 amide bonds. The molecule has 130 valence electrons. The summed E-state index contributed by atoms with van der Waals surface area (Å²) >= 11 is 0. The molecule has 0 fully saturated rings. The number of carbonyl (C=O) groups excluding carboxylic acids is 1. The first kappa shape index (κ1) is 17.1. The van der Waals surface area contributed by atoms with Gasteiger partial charge in [0.15, 0.2) is 5.78 Å². The Hall–Kier alpha value is -2.75. The minimum absolute atomic E-state index is 0.0486. The summed E-state index contributed by atoms with van der Waals surface area (Å²) in [5, 5.41) is 10.7. The Balaban J connectivity index is 1.99. The second-order valence-electron chi connectivity index (χ2n) is 6.75. The van der Waals surface area contributed by atoms with Gasteiger partial charge in [-0.1, -0.05) is 36.4 Å². The average molecular weight is 338 g/mol. The van der Waals surface area contributed by atoms with Gasteiger partial charge >= 0.3 is 0 Å². The summed E-state index contributed by atoms with van der Waals surface area (Å²) in [4.78, 5) is 12.7. The van der Waals surface area contributed by atoms with Crippen LogP contribution in [0.4, 0.5) is 0 Å². The maximum Gasteiger partial charge on any atom is 0.193 e. The van der Waals surface area contributed by atoms with Gasteiger partial charge < -0.3 is 14.6 Å². The van der Waals surface area contributed by atoms with Gasteiger partial charge in [-0.2, -0.15) is 0 Å². The van der Waals surface area contributed by atoms with Crippen LogP contribution in [0.5, 0.6) is 17.2 Å². The van der Waals surface area contributed by atoms with Gasteiger partial charge in [0.1, 0.15) is 28.4 Å². The Morgan fingerprint density at radius 1 is 1.28 bits per heavy atom. The number of phenols is 1. The van der Waals surface area contributed by atoms with Crippen molar-refractivity contribution in [3.05, 3.63) is 59.2 Å². The van der Waals surface area contributed by atoms with Gasteiger partial charge in [0, 0.05) is 11.6 Å². The molecule has 0 aliphatic carbocycles. The van der Waals surface area contributed by atoms with Crippen molar-refractivity contribution >= 4 is 11.9 Å². The topological polar surface area (TPSA) is 55.8 Å². The zero-order valence-electron chi connectivity index (χ0n) is 14.7. The van der Waals surface area contributed by atoms with E-state index in [1.165, 1.54) is 13.2 Å². The number of allylic oxidation sites excluding steroid dienone is 1. The van der Waals surface area contributed by atoms with Crippen LogP contribution >= 0.6 is 0 Å². The number of aromatic hydroxyl groups is 1. The lowest BCUT2D eigenvalue weighted by Crippen LogP contribution is -2.32. The van der Waals surface area contributed by atoms with Crippen LogP contribution in [0, 0.1) is 0 Å². The summed E-state index contributed by atoms with van der Waals surface area (Å²) in [6, 6.07) is 11.2. The van der Waals surface area contributed by atoms with E-state index in [4.69, 9.17) is 9.47 Å². The van der Waals surface area contributed by atoms with Crippen molar-refractivity contribution in [1.82, 2.24) is 0 Å². The molecule has 4 nitrogen and oxygen atoms in total. The van der Waals surface area contributed by atoms with E-state index in [1.54, 1.807) is 12.1 Å². The van der Waals surface area contributed by atoms with Crippen molar-refractivity contribution in [3.63, 3.8) is 0 Å². The van der Waals surface area contributed by atoms with Crippen LogP contribution in [-0.4, -0.2) is 23.6 Å². The van der Waals surface area contributed by atoms with Crippen LogP contribution in [0.25, 0.3) is 6.08 Å². The summed E-state index contributed by atoms with van der Waals surface area (Å²) in [5.41, 5.74) is 1.45. The van der Waals surface area contributed by atoms with Crippen LogP contribution < -0.4 is 9.47 Å². The van der Waals surface area contributed by atoms with Gasteiger partial charge in [-0.05, 0) is 38.3 Å². The Morgan fingerprint density at radius 2 is 2.00 bits per heavy atom. The summed E-state index contributed by atoms with van der Waals surface area (Å²) in [6.07, 6.45) is 4.60. The predicted octanol–water partition coefficient (Wildman–Crippen LogP) is 4.40. The minimum Gasteiger partial charge on any atom is -0.507 e. The van der Waals surface area contributed by atoms with Crippen LogP contribution in [-0.2, 0) is 6.42 Å². The molecule has 0 saturated heterocycles. The molecule has 1 N–H and O–H groups in total. The second-order valence-corrected chi connectivity index (χ2v) is 6.75. The van der Waals surface area contributed by atoms with E-state index in [-0.39, 0.29) is 22.7 Å². The molecule has 0 unspecified atom stereocenters. The van der Waals surface area contributed by atoms with Gasteiger partial charge in [-0.25, -0.2) is 0 Å². The van der Waals surface area contributed by atoms with E-state index < -0.39 is 0 Å². The highest BCUT2D eigenvalue weighted by molar-refractivity contribution is 6.11. The molecule has 0 saturated carbocycles. The quantitative estimate of drug-likeness (QED) is 0.663. The van der Waals surface area contributed by atoms with Crippen molar-refractivity contribution < 1.29 is 19.4 Å². The zero-order chi connectivity index (χ0) is 18.0. The number of hydrogen-bond acceptors (Lipinski definition) is 4. The van der Waals surface area contributed by atoms with Gasteiger partial charge in [-0.15, -0.1) is 0 Å². The number of ketones is 1. The minimum atomic E-state index is -0.302. The Kier molecular flexibility index (Phi) is 4.53. The molecule has 0 aromatic heterocycles. The monoisotopic (exact) mass is 338 g/mol. The van der Waals surface area contributed by atoms with E-state index in [1.807, 2.05) is 44.2 Å². The first-order chi connectivity index (χ1) is 11.9. The van der Waals surface area contributed by atoms with E-state index in [9.17, 15) is 9.90 Å². The molecule has 2 aromatic carbocycles. The molecule has 0 radical (unpaired) electrons. The fourth-order valence-electron chi connectivity index (χ4n) is 2.99. The first-order valence-electron chi connectivity index (χ1n) is 8.30. The molecule has 2 aromatic rings. The number of phenolic OH excluding ortho intramolecular Hbond substituents is 1. The summed E-state index contributed by atoms with van der Waals surface area (Å²) in [6.45, 7) is 4.00. The summed E-state index contributed by atoms with van der Waals surface area (Å²) < 4.78 is 11.3. The van der Waals surface area contributed by atoms with Crippen molar-refractivity contribution in [2.45, 2.75) is 32.3 Å². The molecule has 1 aliphatic rings. The maximum atomic E-state index is 12.7. The first-order valence-corrected chi connectivity index (χ1v) is 8.30. The highest BCUT2D eigenvalue weighted by Crippen LogP contribution is 2.44. The van der Waals surface area contributed by atoms with Gasteiger partial charge in [0.05, 0.1) is 7.11 Å². The van der Waals surface area contributed by atoms with Gasteiger partial charge in [0.25, 0.3) is 0 Å². The fourth-order valence-corrected chi connectivity index (χ4v) is 2.99. The lowest BCUT2D eigenvalue weighted by molar-refractivity contribution is 0.0831. The second kappa shape index (κ2) is 6.63. The summed E-state index contributed by atoms with van der Waals surface area (Å²) in [7, 11) is 1.48. The number of carbonyl (C=O) groups is 1. The lowest BCUT2D eigenvalue weighted by Gasteiger charge is -2.33. The van der Waals surface area contributed by atoms with Crippen LogP contribution in [0.15, 0.2) is 42.5 Å². The van der Waals surface area contributed by atoms with Crippen molar-refractivity contribution in [2.75, 3.05) is 7.11 Å². The van der Waals surface area contributed by atoms with E-state index >= 15 is 0 Å². The standard InChI is InChI=1S/C21H22O4/c1-21(2)12-11-15-17(25-21)13-18(24-3)19(20(15)23)16(22)10-9-14-7-5-4-6-8-14/h4-10,13,23H,11-12H2,1-3H3/b10-9+. The zero-order valence-corrected chi connectivity index (χ0v) is 14.7. The van der Waals surface area contributed by atoms with Crippen LogP contribution in [0.1, 0.15) is 41.8 Å². The van der Waals surface area contributed by atoms with E-state index in [0.717, 1.165) is 12.0 Å². The maximum absolute atomic E-state index is 12.7. The fraction of sp³-hybridized carbons (Fsp3) is 0.286. The van der Waals surface area contributed by atoms with E-state index in [2.05, 4.69) is 0 Å². The molecular formula is C21H22O4. The Morgan fingerprint density at radius 3 is 2.68 bits per heavy atom. The number of ether oxygens (including phenoxy) is 2. The molecule has 4 heteroatoms. The SMILES string of the molecule is COc1cc2c(c(O)c1C(=O)/C=C/c1ccccc1)CCC(C)(C)O2. The number of hydrogen-bond donors (Lipinski definition) is 1. The molecule has 1 aliphatic heterocycles.